The molecule has 0 N–H and O–H groups in total. The fourth-order valence-electron chi connectivity index (χ4n) is 2.45. The lowest BCUT2D eigenvalue weighted by molar-refractivity contribution is -0.0590. The highest BCUT2D eigenvalue weighted by Gasteiger charge is 2.44. The fourth-order valence-corrected chi connectivity index (χ4v) is 2.45. The van der Waals surface area contributed by atoms with E-state index in [1.165, 1.54) is 0 Å². The molecule has 1 saturated carbocycles. The van der Waals surface area contributed by atoms with E-state index in [1.54, 1.807) is 0 Å². The molecule has 0 aromatic rings. The highest BCUT2D eigenvalue weighted by Crippen LogP contribution is 2.41. The lowest BCUT2D eigenvalue weighted by Gasteiger charge is -2.51. The monoisotopic (exact) mass is 180 g/mol. The third-order valence-corrected chi connectivity index (χ3v) is 3.33. The van der Waals surface area contributed by atoms with Crippen LogP contribution in [0.25, 0.3) is 0 Å². The van der Waals surface area contributed by atoms with Gasteiger partial charge in [0.1, 0.15) is 0 Å². The molecular weight excluding hydrogens is 164 g/mol. The molecule has 0 radical (unpaired) electrons. The molecule has 1 aliphatic carbocycles. The van der Waals surface area contributed by atoms with E-state index in [1.807, 2.05) is 0 Å². The molecular formula is C10H16N2O. The van der Waals surface area contributed by atoms with Gasteiger partial charge in [0.05, 0.1) is 19.3 Å². The second kappa shape index (κ2) is 3.28. The number of hydrogen-bond acceptors (Lipinski definition) is 3. The molecule has 2 rings (SSSR count). The van der Waals surface area contributed by atoms with Gasteiger partial charge in [-0.25, -0.2) is 0 Å². The summed E-state index contributed by atoms with van der Waals surface area (Å²) in [7, 11) is 0. The molecule has 0 aromatic heterocycles. The summed E-state index contributed by atoms with van der Waals surface area (Å²) in [6.07, 6.45) is 2.09. The molecule has 0 aromatic carbocycles. The lowest BCUT2D eigenvalue weighted by atomic mass is 9.69. The summed E-state index contributed by atoms with van der Waals surface area (Å²) in [6.45, 7) is 6.05. The van der Waals surface area contributed by atoms with Crippen molar-refractivity contribution >= 4 is 0 Å². The zero-order valence-corrected chi connectivity index (χ0v) is 8.12. The van der Waals surface area contributed by atoms with E-state index < -0.39 is 0 Å². The summed E-state index contributed by atoms with van der Waals surface area (Å²) >= 11 is 0. The van der Waals surface area contributed by atoms with E-state index in [2.05, 4.69) is 17.9 Å². The first-order chi connectivity index (χ1) is 6.24. The molecule has 2 fully saturated rings. The van der Waals surface area contributed by atoms with Crippen LogP contribution in [0.4, 0.5) is 0 Å². The van der Waals surface area contributed by atoms with Gasteiger partial charge in [0, 0.05) is 24.5 Å². The maximum Gasteiger partial charge on any atom is 0.0657 e. The van der Waals surface area contributed by atoms with Gasteiger partial charge in [0.2, 0.25) is 0 Å². The van der Waals surface area contributed by atoms with Crippen molar-refractivity contribution in [2.45, 2.75) is 25.3 Å². The van der Waals surface area contributed by atoms with Crippen LogP contribution >= 0.6 is 0 Å². The number of rotatable bonds is 1. The number of nitrogens with zero attached hydrogens (tertiary/aromatic N) is 2. The predicted octanol–water partition coefficient (Wildman–Crippen LogP) is 1.01. The van der Waals surface area contributed by atoms with E-state index in [-0.39, 0.29) is 0 Å². The van der Waals surface area contributed by atoms with Crippen molar-refractivity contribution in [1.29, 1.82) is 5.26 Å². The summed E-state index contributed by atoms with van der Waals surface area (Å²) < 4.78 is 5.31. The molecule has 0 unspecified atom stereocenters. The van der Waals surface area contributed by atoms with Crippen molar-refractivity contribution in [3.05, 3.63) is 0 Å². The summed E-state index contributed by atoms with van der Waals surface area (Å²) in [5, 5.41) is 8.72. The van der Waals surface area contributed by atoms with Crippen LogP contribution in [0.5, 0.6) is 0 Å². The van der Waals surface area contributed by atoms with Crippen LogP contribution in [0.2, 0.25) is 0 Å². The van der Waals surface area contributed by atoms with Gasteiger partial charge >= 0.3 is 0 Å². The van der Waals surface area contributed by atoms with Crippen molar-refractivity contribution in [2.75, 3.05) is 26.3 Å². The summed E-state index contributed by atoms with van der Waals surface area (Å²) in [5.74, 6) is 0.299. The van der Waals surface area contributed by atoms with E-state index >= 15 is 0 Å². The van der Waals surface area contributed by atoms with Crippen LogP contribution in [-0.2, 0) is 4.74 Å². The van der Waals surface area contributed by atoms with Gasteiger partial charge < -0.3 is 4.74 Å². The molecule has 3 nitrogen and oxygen atoms in total. The maximum absolute atomic E-state index is 8.72. The largest absolute Gasteiger partial charge is 0.379 e. The minimum absolute atomic E-state index is 0.296. The zero-order chi connectivity index (χ0) is 9.31. The first-order valence-corrected chi connectivity index (χ1v) is 4.97. The molecule has 0 amide bonds. The summed E-state index contributed by atoms with van der Waals surface area (Å²) in [6, 6.07) is 2.34. The first-order valence-electron chi connectivity index (χ1n) is 4.97. The Balaban J connectivity index is 1.90. The quantitative estimate of drug-likeness (QED) is 0.604. The fraction of sp³-hybridized carbons (Fsp3) is 0.900. The second-order valence-corrected chi connectivity index (χ2v) is 4.33. The number of nitriles is 1. The normalized spacial score (nSPS) is 40.8. The van der Waals surface area contributed by atoms with E-state index in [0.29, 0.717) is 11.5 Å². The Bertz CT molecular complexity index is 222. The highest BCUT2D eigenvalue weighted by molar-refractivity contribution is 5.06. The standard InChI is InChI=1S/C10H16N2O/c1-10(6-9(7-10)8-11)12-2-4-13-5-3-12/h9H,2-7H2,1H3. The van der Waals surface area contributed by atoms with E-state index in [9.17, 15) is 0 Å². The Labute approximate surface area is 79.3 Å². The predicted molar refractivity (Wildman–Crippen MR) is 49.1 cm³/mol. The van der Waals surface area contributed by atoms with Crippen LogP contribution in [0, 0.1) is 17.2 Å². The molecule has 0 bridgehead atoms. The van der Waals surface area contributed by atoms with Crippen LogP contribution < -0.4 is 0 Å². The molecule has 1 heterocycles. The molecule has 1 saturated heterocycles. The average molecular weight is 180 g/mol. The molecule has 72 valence electrons. The van der Waals surface area contributed by atoms with Crippen LogP contribution in [-0.4, -0.2) is 36.7 Å². The summed E-state index contributed by atoms with van der Waals surface area (Å²) in [5.41, 5.74) is 0.296. The van der Waals surface area contributed by atoms with E-state index in [0.717, 1.165) is 39.1 Å². The Morgan fingerprint density at radius 2 is 2.00 bits per heavy atom. The molecule has 0 atom stereocenters. The van der Waals surface area contributed by atoms with Gasteiger partial charge in [-0.1, -0.05) is 0 Å². The van der Waals surface area contributed by atoms with Gasteiger partial charge in [-0.2, -0.15) is 5.26 Å². The van der Waals surface area contributed by atoms with E-state index in [4.69, 9.17) is 10.00 Å². The van der Waals surface area contributed by atoms with Crippen LogP contribution in [0.15, 0.2) is 0 Å². The van der Waals surface area contributed by atoms with Crippen LogP contribution in [0.3, 0.4) is 0 Å². The second-order valence-electron chi connectivity index (χ2n) is 4.33. The summed E-state index contributed by atoms with van der Waals surface area (Å²) in [4.78, 5) is 2.48. The third kappa shape index (κ3) is 1.56. The van der Waals surface area contributed by atoms with Crippen molar-refractivity contribution in [3.63, 3.8) is 0 Å². The highest BCUT2D eigenvalue weighted by atomic mass is 16.5. The molecule has 0 spiro atoms. The van der Waals surface area contributed by atoms with Gasteiger partial charge in [0.25, 0.3) is 0 Å². The smallest absolute Gasteiger partial charge is 0.0657 e. The van der Waals surface area contributed by atoms with Crippen molar-refractivity contribution < 1.29 is 4.74 Å². The third-order valence-electron chi connectivity index (χ3n) is 3.33. The number of hydrogen-bond donors (Lipinski definition) is 0. The Hall–Kier alpha value is -0.590. The Morgan fingerprint density at radius 3 is 2.54 bits per heavy atom. The molecule has 2 aliphatic rings. The zero-order valence-electron chi connectivity index (χ0n) is 8.12. The minimum Gasteiger partial charge on any atom is -0.379 e. The Morgan fingerprint density at radius 1 is 1.38 bits per heavy atom. The maximum atomic E-state index is 8.72. The molecule has 13 heavy (non-hydrogen) atoms. The SMILES string of the molecule is CC1(N2CCOCC2)CC(C#N)C1. The van der Waals surface area contributed by atoms with Crippen molar-refractivity contribution in [1.82, 2.24) is 4.90 Å². The van der Waals surface area contributed by atoms with Crippen molar-refractivity contribution in [3.8, 4) is 6.07 Å². The lowest BCUT2D eigenvalue weighted by Crippen LogP contribution is -2.58. The number of morpholine rings is 1. The number of ether oxygens (including phenoxy) is 1. The van der Waals surface area contributed by atoms with Gasteiger partial charge in [-0.15, -0.1) is 0 Å². The van der Waals surface area contributed by atoms with Crippen molar-refractivity contribution in [2.24, 2.45) is 5.92 Å². The van der Waals surface area contributed by atoms with Crippen LogP contribution in [0.1, 0.15) is 19.8 Å². The average Bonchev–Trinajstić information content (AvgIpc) is 2.14. The first kappa shape index (κ1) is 8.98. The van der Waals surface area contributed by atoms with Gasteiger partial charge in [-0.05, 0) is 19.8 Å². The molecule has 1 aliphatic heterocycles. The molecule has 3 heteroatoms. The van der Waals surface area contributed by atoms with Gasteiger partial charge in [-0.3, -0.25) is 4.90 Å². The van der Waals surface area contributed by atoms with Gasteiger partial charge in [0.15, 0.2) is 0 Å². The topological polar surface area (TPSA) is 36.3 Å². The Kier molecular flexibility index (Phi) is 2.27. The minimum atomic E-state index is 0.296.